The van der Waals surface area contributed by atoms with E-state index < -0.39 is 25.1 Å². The molecule has 0 aromatic carbocycles. The minimum absolute atomic E-state index is 0.128. The summed E-state index contributed by atoms with van der Waals surface area (Å²) in [4.78, 5) is 26.5. The second-order valence-electron chi connectivity index (χ2n) is 5.00. The van der Waals surface area contributed by atoms with Crippen LogP contribution < -0.4 is 5.32 Å². The molecule has 1 aromatic heterocycles. The minimum Gasteiger partial charge on any atom is -0.481 e. The fraction of sp³-hybridized carbons (Fsp3) is 0.462. The Kier molecular flexibility index (Phi) is 5.29. The van der Waals surface area contributed by atoms with Gasteiger partial charge in [-0.3, -0.25) is 14.6 Å². The van der Waals surface area contributed by atoms with E-state index in [2.05, 4.69) is 10.3 Å². The monoisotopic (exact) mass is 292 g/mol. The Balaban J connectivity index is 1.81. The second-order valence-corrected chi connectivity index (χ2v) is 5.00. The number of aliphatic carboxylic acids is 1. The molecule has 1 aromatic rings. The highest BCUT2D eigenvalue weighted by atomic mass is 16.5. The van der Waals surface area contributed by atoms with E-state index in [1.165, 1.54) is 0 Å². The summed E-state index contributed by atoms with van der Waals surface area (Å²) in [6.45, 7) is 0. The number of nitrogens with zero attached hydrogens (tertiary/aromatic N) is 1. The van der Waals surface area contributed by atoms with E-state index in [-0.39, 0.29) is 18.7 Å². The summed E-state index contributed by atoms with van der Waals surface area (Å²) in [7, 11) is -1.18. The summed E-state index contributed by atoms with van der Waals surface area (Å²) in [6, 6.07) is 5.31. The van der Waals surface area contributed by atoms with Crippen LogP contribution in [0.2, 0.25) is 0 Å². The maximum absolute atomic E-state index is 11.9. The van der Waals surface area contributed by atoms with Crippen LogP contribution in [0.4, 0.5) is 0 Å². The van der Waals surface area contributed by atoms with Gasteiger partial charge in [0.2, 0.25) is 5.91 Å². The lowest BCUT2D eigenvalue weighted by atomic mass is 9.72. The van der Waals surface area contributed by atoms with Crippen LogP contribution in [0.15, 0.2) is 24.4 Å². The number of hydrogen-bond donors (Lipinski definition) is 3. The molecule has 3 N–H and O–H groups in total. The Labute approximate surface area is 122 Å². The molecule has 1 amide bonds. The SMILES string of the molecule is O=C(O)C[C@@H]1CC[C@H](NC(=O)Cc2ccccn2)B(O)O1. The Morgan fingerprint density at radius 2 is 2.24 bits per heavy atom. The van der Waals surface area contributed by atoms with Gasteiger partial charge in [0, 0.05) is 11.9 Å². The third kappa shape index (κ3) is 4.84. The zero-order valence-electron chi connectivity index (χ0n) is 11.4. The van der Waals surface area contributed by atoms with Crippen molar-refractivity contribution in [2.45, 2.75) is 37.7 Å². The van der Waals surface area contributed by atoms with E-state index >= 15 is 0 Å². The predicted octanol–water partition coefficient (Wildman–Crippen LogP) is -0.218. The summed E-state index contributed by atoms with van der Waals surface area (Å²) in [5.41, 5.74) is 0.643. The molecular formula is C13H17BN2O5. The van der Waals surface area contributed by atoms with Gasteiger partial charge in [-0.1, -0.05) is 6.07 Å². The number of amides is 1. The molecule has 2 atom stereocenters. The van der Waals surface area contributed by atoms with E-state index in [9.17, 15) is 14.6 Å². The van der Waals surface area contributed by atoms with Crippen molar-refractivity contribution in [3.8, 4) is 0 Å². The molecule has 1 saturated heterocycles. The summed E-state index contributed by atoms with van der Waals surface area (Å²) in [5.74, 6) is -1.74. The molecule has 112 valence electrons. The van der Waals surface area contributed by atoms with Gasteiger partial charge >= 0.3 is 13.1 Å². The number of carboxylic acid groups (broad SMARTS) is 1. The summed E-state index contributed by atoms with van der Waals surface area (Å²) < 4.78 is 5.21. The van der Waals surface area contributed by atoms with E-state index in [4.69, 9.17) is 9.76 Å². The molecule has 0 aliphatic carbocycles. The first-order chi connectivity index (χ1) is 10.0. The van der Waals surface area contributed by atoms with E-state index in [0.717, 1.165) is 0 Å². The quantitative estimate of drug-likeness (QED) is 0.647. The van der Waals surface area contributed by atoms with Gasteiger partial charge in [0.05, 0.1) is 24.9 Å². The first kappa shape index (κ1) is 15.5. The maximum atomic E-state index is 11.9. The van der Waals surface area contributed by atoms with Crippen LogP contribution >= 0.6 is 0 Å². The Morgan fingerprint density at radius 3 is 2.86 bits per heavy atom. The Bertz CT molecular complexity index is 499. The van der Waals surface area contributed by atoms with Gasteiger partial charge in [-0.05, 0) is 25.0 Å². The normalized spacial score (nSPS) is 21.9. The second kappa shape index (κ2) is 7.19. The Morgan fingerprint density at radius 1 is 1.43 bits per heavy atom. The number of nitrogens with one attached hydrogen (secondary N) is 1. The third-order valence-corrected chi connectivity index (χ3v) is 3.29. The first-order valence-corrected chi connectivity index (χ1v) is 6.79. The summed E-state index contributed by atoms with van der Waals surface area (Å²) >= 11 is 0. The largest absolute Gasteiger partial charge is 0.481 e. The molecule has 2 heterocycles. The Hall–Kier alpha value is -1.93. The average Bonchev–Trinajstić information content (AvgIpc) is 2.42. The van der Waals surface area contributed by atoms with Crippen molar-refractivity contribution in [3.05, 3.63) is 30.1 Å². The molecule has 0 saturated carbocycles. The van der Waals surface area contributed by atoms with Crippen molar-refractivity contribution in [1.82, 2.24) is 10.3 Å². The van der Waals surface area contributed by atoms with Gasteiger partial charge in [-0.15, -0.1) is 0 Å². The smallest absolute Gasteiger partial charge is 0.478 e. The highest BCUT2D eigenvalue weighted by molar-refractivity contribution is 6.45. The van der Waals surface area contributed by atoms with Crippen LogP contribution in [0.5, 0.6) is 0 Å². The third-order valence-electron chi connectivity index (χ3n) is 3.29. The lowest BCUT2D eigenvalue weighted by Gasteiger charge is -2.30. The maximum Gasteiger partial charge on any atom is 0.478 e. The number of rotatable bonds is 5. The summed E-state index contributed by atoms with van der Waals surface area (Å²) in [5, 5.41) is 21.2. The lowest BCUT2D eigenvalue weighted by molar-refractivity contribution is -0.139. The van der Waals surface area contributed by atoms with Crippen LogP contribution in [0.1, 0.15) is 25.0 Å². The van der Waals surface area contributed by atoms with Crippen LogP contribution in [-0.4, -0.2) is 46.2 Å². The van der Waals surface area contributed by atoms with E-state index in [0.29, 0.717) is 18.5 Å². The fourth-order valence-electron chi connectivity index (χ4n) is 2.28. The lowest BCUT2D eigenvalue weighted by Crippen LogP contribution is -2.53. The van der Waals surface area contributed by atoms with Crippen molar-refractivity contribution in [1.29, 1.82) is 0 Å². The molecule has 7 nitrogen and oxygen atoms in total. The van der Waals surface area contributed by atoms with Gasteiger partial charge in [-0.25, -0.2) is 0 Å². The van der Waals surface area contributed by atoms with Crippen molar-refractivity contribution < 1.29 is 24.4 Å². The molecule has 0 bridgehead atoms. The van der Waals surface area contributed by atoms with Gasteiger partial charge in [0.15, 0.2) is 0 Å². The molecule has 0 radical (unpaired) electrons. The van der Waals surface area contributed by atoms with Gasteiger partial charge in [-0.2, -0.15) is 0 Å². The molecule has 1 aliphatic heterocycles. The van der Waals surface area contributed by atoms with Crippen molar-refractivity contribution >= 4 is 19.0 Å². The minimum atomic E-state index is -1.18. The topological polar surface area (TPSA) is 109 Å². The van der Waals surface area contributed by atoms with Gasteiger partial charge in [0.1, 0.15) is 0 Å². The van der Waals surface area contributed by atoms with Crippen molar-refractivity contribution in [2.24, 2.45) is 0 Å². The van der Waals surface area contributed by atoms with Gasteiger partial charge in [0.25, 0.3) is 0 Å². The van der Waals surface area contributed by atoms with E-state index in [1.54, 1.807) is 24.4 Å². The fourth-order valence-corrected chi connectivity index (χ4v) is 2.28. The number of carboxylic acids is 1. The zero-order valence-corrected chi connectivity index (χ0v) is 11.4. The zero-order chi connectivity index (χ0) is 15.2. The average molecular weight is 292 g/mol. The highest BCUT2D eigenvalue weighted by Gasteiger charge is 2.36. The number of carbonyl (C=O) groups excluding carboxylic acids is 1. The molecule has 2 rings (SSSR count). The van der Waals surface area contributed by atoms with Crippen LogP contribution in [0.25, 0.3) is 0 Å². The van der Waals surface area contributed by atoms with Crippen LogP contribution in [-0.2, 0) is 20.7 Å². The standard InChI is InChI=1S/C13H17BN2O5/c17-12(7-9-3-1-2-6-15-9)16-11-5-4-10(8-13(18)19)21-14(11)20/h1-3,6,10-11,20H,4-5,7-8H2,(H,16,17)(H,18,19)/t10-,11-/m0/s1. The van der Waals surface area contributed by atoms with Crippen LogP contribution in [0, 0.1) is 0 Å². The van der Waals surface area contributed by atoms with Crippen molar-refractivity contribution in [3.63, 3.8) is 0 Å². The summed E-state index contributed by atoms with van der Waals surface area (Å²) in [6.07, 6.45) is 2.04. The molecule has 0 spiro atoms. The van der Waals surface area contributed by atoms with Gasteiger partial charge < -0.3 is 20.1 Å². The predicted molar refractivity (Wildman–Crippen MR) is 74.2 cm³/mol. The number of pyridine rings is 1. The molecule has 8 heteroatoms. The molecule has 0 unspecified atom stereocenters. The molecule has 1 aliphatic rings. The molecule has 21 heavy (non-hydrogen) atoms. The first-order valence-electron chi connectivity index (χ1n) is 6.79. The molecule has 1 fully saturated rings. The molecular weight excluding hydrogens is 275 g/mol. The number of carbonyl (C=O) groups is 2. The highest BCUT2D eigenvalue weighted by Crippen LogP contribution is 2.18. The number of hydrogen-bond acceptors (Lipinski definition) is 5. The number of aromatic nitrogens is 1. The van der Waals surface area contributed by atoms with Crippen molar-refractivity contribution in [2.75, 3.05) is 0 Å². The van der Waals surface area contributed by atoms with E-state index in [1.807, 2.05) is 0 Å². The van der Waals surface area contributed by atoms with Crippen LogP contribution in [0.3, 0.4) is 0 Å².